The summed E-state index contributed by atoms with van der Waals surface area (Å²) in [6, 6.07) is 4.09. The summed E-state index contributed by atoms with van der Waals surface area (Å²) in [4.78, 5) is 32.2. The number of hydrogen-bond donors (Lipinski definition) is 1. The fourth-order valence-electron chi connectivity index (χ4n) is 3.39. The zero-order chi connectivity index (χ0) is 17.5. The molecule has 0 unspecified atom stereocenters. The number of hydrogen-bond acceptors (Lipinski definition) is 3. The Labute approximate surface area is 148 Å². The number of carbonyl (C=O) groups excluding carboxylic acids is 2. The Morgan fingerprint density at radius 1 is 1.08 bits per heavy atom. The molecule has 1 saturated carbocycles. The maximum Gasteiger partial charge on any atom is 0.317 e. The third-order valence-electron chi connectivity index (χ3n) is 4.91. The van der Waals surface area contributed by atoms with E-state index in [9.17, 15) is 9.59 Å². The van der Waals surface area contributed by atoms with E-state index in [0.717, 1.165) is 18.4 Å². The molecule has 0 spiro atoms. The molecule has 0 atom stereocenters. The Hall–Kier alpha value is -2.37. The fourth-order valence-corrected chi connectivity index (χ4v) is 3.39. The van der Waals surface area contributed by atoms with Crippen molar-refractivity contribution in [1.82, 2.24) is 20.1 Å². The van der Waals surface area contributed by atoms with Crippen molar-refractivity contribution >= 4 is 18.0 Å². The number of pyridine rings is 1. The smallest absolute Gasteiger partial charge is 0.317 e. The number of nitrogens with zero attached hydrogens (tertiary/aromatic N) is 3. The fraction of sp³-hybridized carbons (Fsp3) is 0.526. The van der Waals surface area contributed by atoms with Crippen LogP contribution >= 0.6 is 0 Å². The molecular weight excluding hydrogens is 316 g/mol. The average Bonchev–Trinajstić information content (AvgIpc) is 2.68. The van der Waals surface area contributed by atoms with Gasteiger partial charge in [-0.3, -0.25) is 9.78 Å². The SMILES string of the molecule is O=C(/C=C/c1cccnc1)N1CCN(C(=O)NC2CCCCC2)CC1. The minimum absolute atomic E-state index is 0.0174. The van der Waals surface area contributed by atoms with E-state index in [0.29, 0.717) is 32.2 Å². The van der Waals surface area contributed by atoms with Crippen LogP contribution in [0.3, 0.4) is 0 Å². The van der Waals surface area contributed by atoms with Gasteiger partial charge in [-0.25, -0.2) is 4.79 Å². The van der Waals surface area contributed by atoms with Gasteiger partial charge in [0.2, 0.25) is 5.91 Å². The first-order valence-electron chi connectivity index (χ1n) is 9.15. The van der Waals surface area contributed by atoms with Gasteiger partial charge in [-0.15, -0.1) is 0 Å². The number of nitrogens with one attached hydrogen (secondary N) is 1. The van der Waals surface area contributed by atoms with E-state index in [-0.39, 0.29) is 11.9 Å². The van der Waals surface area contributed by atoms with Crippen molar-refractivity contribution < 1.29 is 9.59 Å². The van der Waals surface area contributed by atoms with Crippen LogP contribution in [0.25, 0.3) is 6.08 Å². The van der Waals surface area contributed by atoms with Gasteiger partial charge in [-0.2, -0.15) is 0 Å². The lowest BCUT2D eigenvalue weighted by molar-refractivity contribution is -0.127. The highest BCUT2D eigenvalue weighted by atomic mass is 16.2. The van der Waals surface area contributed by atoms with E-state index in [2.05, 4.69) is 10.3 Å². The van der Waals surface area contributed by atoms with E-state index in [1.165, 1.54) is 19.3 Å². The summed E-state index contributed by atoms with van der Waals surface area (Å²) in [6.45, 7) is 2.33. The van der Waals surface area contributed by atoms with Gasteiger partial charge in [0.15, 0.2) is 0 Å². The second-order valence-electron chi connectivity index (χ2n) is 6.72. The Kier molecular flexibility index (Phi) is 6.04. The van der Waals surface area contributed by atoms with Crippen LogP contribution in [0.2, 0.25) is 0 Å². The van der Waals surface area contributed by atoms with Crippen molar-refractivity contribution in [3.05, 3.63) is 36.2 Å². The standard InChI is InChI=1S/C19H26N4O2/c24-18(9-8-16-5-4-10-20-15-16)22-11-13-23(14-12-22)19(25)21-17-6-2-1-3-7-17/h4-5,8-10,15,17H,1-3,6-7,11-14H2,(H,21,25)/b9-8+. The summed E-state index contributed by atoms with van der Waals surface area (Å²) in [5, 5.41) is 3.14. The van der Waals surface area contributed by atoms with Gasteiger partial charge in [0.25, 0.3) is 0 Å². The van der Waals surface area contributed by atoms with Crippen molar-refractivity contribution in [1.29, 1.82) is 0 Å². The van der Waals surface area contributed by atoms with Crippen LogP contribution in [0, 0.1) is 0 Å². The Bertz CT molecular complexity index is 603. The van der Waals surface area contributed by atoms with E-state index < -0.39 is 0 Å². The molecule has 1 aromatic rings. The third kappa shape index (κ3) is 5.05. The van der Waals surface area contributed by atoms with E-state index >= 15 is 0 Å². The molecule has 6 heteroatoms. The van der Waals surface area contributed by atoms with Crippen LogP contribution < -0.4 is 5.32 Å². The lowest BCUT2D eigenvalue weighted by Crippen LogP contribution is -2.54. The minimum atomic E-state index is -0.0174. The molecule has 134 valence electrons. The van der Waals surface area contributed by atoms with Gasteiger partial charge >= 0.3 is 6.03 Å². The molecule has 0 aromatic carbocycles. The first kappa shape index (κ1) is 17.5. The van der Waals surface area contributed by atoms with E-state index in [4.69, 9.17) is 0 Å². The molecule has 0 bridgehead atoms. The molecule has 2 fully saturated rings. The molecular formula is C19H26N4O2. The lowest BCUT2D eigenvalue weighted by Gasteiger charge is -2.35. The highest BCUT2D eigenvalue weighted by Crippen LogP contribution is 2.17. The zero-order valence-electron chi connectivity index (χ0n) is 14.6. The summed E-state index contributed by atoms with van der Waals surface area (Å²) in [6.07, 6.45) is 12.6. The molecule has 2 aliphatic rings. The molecule has 3 rings (SSSR count). The van der Waals surface area contributed by atoms with Crippen LogP contribution in [0.1, 0.15) is 37.7 Å². The van der Waals surface area contributed by atoms with Crippen molar-refractivity contribution in [2.24, 2.45) is 0 Å². The second-order valence-corrected chi connectivity index (χ2v) is 6.72. The van der Waals surface area contributed by atoms with Gasteiger partial charge in [-0.1, -0.05) is 25.3 Å². The third-order valence-corrected chi connectivity index (χ3v) is 4.91. The molecule has 2 heterocycles. The van der Waals surface area contributed by atoms with Gasteiger partial charge in [0.1, 0.15) is 0 Å². The van der Waals surface area contributed by atoms with Crippen molar-refractivity contribution in [3.8, 4) is 0 Å². The van der Waals surface area contributed by atoms with Gasteiger partial charge < -0.3 is 15.1 Å². The summed E-state index contributed by atoms with van der Waals surface area (Å²) >= 11 is 0. The van der Waals surface area contributed by atoms with Crippen LogP contribution in [0.4, 0.5) is 4.79 Å². The Balaban J connectivity index is 1.44. The van der Waals surface area contributed by atoms with Crippen LogP contribution in [0.5, 0.6) is 0 Å². The maximum atomic E-state index is 12.3. The Morgan fingerprint density at radius 3 is 2.48 bits per heavy atom. The summed E-state index contributed by atoms with van der Waals surface area (Å²) < 4.78 is 0. The van der Waals surface area contributed by atoms with E-state index in [1.807, 2.05) is 17.0 Å². The van der Waals surface area contributed by atoms with E-state index in [1.54, 1.807) is 29.4 Å². The van der Waals surface area contributed by atoms with Crippen molar-refractivity contribution in [3.63, 3.8) is 0 Å². The lowest BCUT2D eigenvalue weighted by atomic mass is 9.96. The van der Waals surface area contributed by atoms with Crippen molar-refractivity contribution in [2.45, 2.75) is 38.1 Å². The minimum Gasteiger partial charge on any atom is -0.336 e. The second kappa shape index (κ2) is 8.65. The number of piperazine rings is 1. The molecule has 1 aromatic heterocycles. The summed E-state index contributed by atoms with van der Waals surface area (Å²) in [5.74, 6) is -0.0174. The van der Waals surface area contributed by atoms with Gasteiger partial charge in [0, 0.05) is 50.7 Å². The first-order valence-corrected chi connectivity index (χ1v) is 9.15. The molecule has 3 amide bonds. The molecule has 1 aliphatic carbocycles. The highest BCUT2D eigenvalue weighted by molar-refractivity contribution is 5.92. The maximum absolute atomic E-state index is 12.3. The topological polar surface area (TPSA) is 65.5 Å². The number of rotatable bonds is 3. The quantitative estimate of drug-likeness (QED) is 0.857. The van der Waals surface area contributed by atoms with Gasteiger partial charge in [0.05, 0.1) is 0 Å². The zero-order valence-corrected chi connectivity index (χ0v) is 14.6. The normalized spacial score (nSPS) is 19.2. The number of amides is 3. The molecule has 1 aliphatic heterocycles. The van der Waals surface area contributed by atoms with Crippen LogP contribution in [-0.2, 0) is 4.79 Å². The predicted molar refractivity (Wildman–Crippen MR) is 96.8 cm³/mol. The highest BCUT2D eigenvalue weighted by Gasteiger charge is 2.25. The van der Waals surface area contributed by atoms with Crippen molar-refractivity contribution in [2.75, 3.05) is 26.2 Å². The Morgan fingerprint density at radius 2 is 1.80 bits per heavy atom. The number of carbonyl (C=O) groups is 2. The van der Waals surface area contributed by atoms with Crippen LogP contribution in [-0.4, -0.2) is 58.9 Å². The number of urea groups is 1. The molecule has 0 radical (unpaired) electrons. The van der Waals surface area contributed by atoms with Crippen LogP contribution in [0.15, 0.2) is 30.6 Å². The number of aromatic nitrogens is 1. The predicted octanol–water partition coefficient (Wildman–Crippen LogP) is 2.28. The van der Waals surface area contributed by atoms with Gasteiger partial charge in [-0.05, 0) is 30.5 Å². The first-order chi connectivity index (χ1) is 12.2. The molecule has 1 saturated heterocycles. The monoisotopic (exact) mass is 342 g/mol. The molecule has 1 N–H and O–H groups in total. The summed E-state index contributed by atoms with van der Waals surface area (Å²) in [7, 11) is 0. The molecule has 6 nitrogen and oxygen atoms in total. The largest absolute Gasteiger partial charge is 0.336 e. The molecule has 25 heavy (non-hydrogen) atoms. The summed E-state index contributed by atoms with van der Waals surface area (Å²) in [5.41, 5.74) is 0.904. The average molecular weight is 342 g/mol.